The molecule has 4 aliphatic rings. The van der Waals surface area contributed by atoms with Crippen LogP contribution in [0.4, 0.5) is 0 Å². The first kappa shape index (κ1) is 74.3. The predicted octanol–water partition coefficient (Wildman–Crippen LogP) is 21.2. The molecular formula is C93H88N6O14. The highest BCUT2D eigenvalue weighted by Crippen LogP contribution is 2.53. The maximum Gasteiger partial charge on any atom is 0.261 e. The van der Waals surface area contributed by atoms with Crippen molar-refractivity contribution < 1.29 is 66.5 Å². The average Bonchev–Trinajstić information content (AvgIpc) is 0.955. The number of benzene rings is 9. The van der Waals surface area contributed by atoms with Crippen LogP contribution >= 0.6 is 0 Å². The van der Waals surface area contributed by atoms with Gasteiger partial charge in [0.25, 0.3) is 23.6 Å². The molecule has 7 heterocycles. The van der Waals surface area contributed by atoms with Gasteiger partial charge in [-0.05, 0) is 178 Å². The molecule has 2 N–H and O–H groups in total. The number of imide groups is 2. The maximum absolute atomic E-state index is 15.3. The van der Waals surface area contributed by atoms with Crippen LogP contribution in [0.1, 0.15) is 155 Å². The first-order valence-corrected chi connectivity index (χ1v) is 38.6. The number of amides is 4. The van der Waals surface area contributed by atoms with Gasteiger partial charge in [-0.2, -0.15) is 0 Å². The third kappa shape index (κ3) is 12.8. The van der Waals surface area contributed by atoms with E-state index in [1.165, 1.54) is 9.80 Å². The normalized spacial score (nSPS) is 13.0. The lowest BCUT2D eigenvalue weighted by Crippen LogP contribution is -2.41. The van der Waals surface area contributed by atoms with Gasteiger partial charge < -0.3 is 57.3 Å². The summed E-state index contributed by atoms with van der Waals surface area (Å²) in [6.45, 7) is 4.95. The van der Waals surface area contributed by atoms with Gasteiger partial charge in [-0.3, -0.25) is 29.0 Å². The minimum Gasteiger partial charge on any atom is -0.493 e. The molecular weight excluding hydrogens is 1430 g/mol. The van der Waals surface area contributed by atoms with E-state index in [0.717, 1.165) is 85.9 Å². The van der Waals surface area contributed by atoms with Crippen molar-refractivity contribution in [3.05, 3.63) is 172 Å². The van der Waals surface area contributed by atoms with Gasteiger partial charge in [-0.1, -0.05) is 108 Å². The van der Waals surface area contributed by atoms with Crippen LogP contribution in [0.2, 0.25) is 0 Å². The molecule has 574 valence electrons. The Morgan fingerprint density at radius 2 is 0.628 bits per heavy atom. The number of aromatic nitrogens is 4. The van der Waals surface area contributed by atoms with Crippen molar-refractivity contribution in [2.24, 2.45) is 0 Å². The summed E-state index contributed by atoms with van der Waals surface area (Å²) in [4.78, 5) is 81.4. The number of ether oxygens (including phenoxy) is 10. The SMILES string of the molecule is CCCCCCCCN1C(=O)c2ccc3c4ccc5c6c(cc(Oc7ccc(-c8c9nc(c(-c%10cc(OC)c(OC)c(OC)c%10)c%10ccc([nH]%10)c(-c%10cc(OC)c(OC)c(OC)c%10)c%10nc(c(-c%11cc(OC)c(OC)c(OC)c%11)c%11ccc8[nH]%11)C=C%10)C=C9)cc7)c(c7ccc(c2c37)C1=O)c64)C(=O)N(CCCCCCCC)C5=O. The monoisotopic (exact) mass is 1510 g/mol. The van der Waals surface area contributed by atoms with E-state index in [1.54, 1.807) is 70.1 Å². The molecule has 12 aromatic rings. The van der Waals surface area contributed by atoms with Gasteiger partial charge in [0, 0.05) is 95.6 Å². The largest absolute Gasteiger partial charge is 0.493 e. The zero-order valence-electron chi connectivity index (χ0n) is 65.3. The molecule has 4 amide bonds. The molecule has 0 saturated carbocycles. The number of aromatic amines is 2. The number of fused-ring (bicyclic) bond motifs is 10. The van der Waals surface area contributed by atoms with E-state index in [0.29, 0.717) is 216 Å². The summed E-state index contributed by atoms with van der Waals surface area (Å²) in [5, 5.41) is 5.37. The second kappa shape index (κ2) is 31.1. The summed E-state index contributed by atoms with van der Waals surface area (Å²) in [5.74, 6) is 3.21. The van der Waals surface area contributed by atoms with Crippen molar-refractivity contribution in [2.75, 3.05) is 77.1 Å². The Morgan fingerprint density at radius 3 is 0.991 bits per heavy atom. The third-order valence-electron chi connectivity index (χ3n) is 22.3. The molecule has 113 heavy (non-hydrogen) atoms. The summed E-state index contributed by atoms with van der Waals surface area (Å²) in [6, 6.07) is 40.3. The standard InChI is InChI=1S/C93H88N6O14/c1-12-14-16-18-20-22-42-98-90(100)59-31-28-56-57-29-32-61-84-62(93(103)99(92(61)102)43-23-21-19-17-15-13-2)50-71(85(86(57)84)58-30-33-60(91(98)101)83(59)82(56)58)113-55-26-24-51(25-27-55)78-63-34-36-65(94-63)79(52-44-72(104-3)87(110-9)73(45-52)105-4)67-38-40-69(96-67)81(54-48-76(108-7)89(112-11)77(49-54)109-8)70-41-39-68(97-70)80(66-37-35-64(78)95-66)53-46-74(106-5)88(111-10)75(47-53)107-6/h24-41,44-50,94,97H,12-23,42-43H2,1-11H3. The van der Waals surface area contributed by atoms with Gasteiger partial charge >= 0.3 is 0 Å². The first-order chi connectivity index (χ1) is 55.2. The Balaban J connectivity index is 0.915. The number of hydrogen-bond donors (Lipinski definition) is 2. The molecule has 0 saturated heterocycles. The van der Waals surface area contributed by atoms with Gasteiger partial charge in [0.2, 0.25) is 17.2 Å². The van der Waals surface area contributed by atoms with Crippen LogP contribution in [-0.2, 0) is 0 Å². The van der Waals surface area contributed by atoms with Gasteiger partial charge in [0.15, 0.2) is 34.5 Å². The number of nitrogens with zero attached hydrogens (tertiary/aromatic N) is 4. The highest BCUT2D eigenvalue weighted by Gasteiger charge is 2.39. The fourth-order valence-electron chi connectivity index (χ4n) is 16.9. The van der Waals surface area contributed by atoms with E-state index in [-0.39, 0.29) is 24.3 Å². The van der Waals surface area contributed by atoms with E-state index in [9.17, 15) is 14.4 Å². The molecule has 9 aromatic carbocycles. The fourth-order valence-corrected chi connectivity index (χ4v) is 16.9. The van der Waals surface area contributed by atoms with Crippen LogP contribution in [0.25, 0.3) is 134 Å². The molecule has 16 rings (SSSR count). The summed E-state index contributed by atoms with van der Waals surface area (Å²) in [7, 11) is 14.2. The smallest absolute Gasteiger partial charge is 0.261 e. The third-order valence-corrected chi connectivity index (χ3v) is 22.3. The number of rotatable bonds is 29. The van der Waals surface area contributed by atoms with Crippen LogP contribution in [0.5, 0.6) is 63.2 Å². The van der Waals surface area contributed by atoms with Gasteiger partial charge in [0.1, 0.15) is 11.5 Å². The van der Waals surface area contributed by atoms with Gasteiger partial charge in [-0.15, -0.1) is 0 Å². The second-order valence-electron chi connectivity index (χ2n) is 28.7. The Bertz CT molecular complexity index is 5950. The number of carbonyl (C=O) groups excluding carboxylic acids is 4. The van der Waals surface area contributed by atoms with E-state index >= 15 is 4.79 Å². The van der Waals surface area contributed by atoms with E-state index in [2.05, 4.69) is 23.8 Å². The second-order valence-corrected chi connectivity index (χ2v) is 28.7. The zero-order chi connectivity index (χ0) is 78.5. The summed E-state index contributed by atoms with van der Waals surface area (Å²) < 4.78 is 61.0. The lowest BCUT2D eigenvalue weighted by atomic mass is 9.82. The van der Waals surface area contributed by atoms with E-state index < -0.39 is 5.91 Å². The molecule has 0 atom stereocenters. The van der Waals surface area contributed by atoms with Gasteiger partial charge in [-0.25, -0.2) is 9.97 Å². The minimum atomic E-state index is -0.401. The molecule has 4 aliphatic heterocycles. The molecule has 0 unspecified atom stereocenters. The summed E-state index contributed by atoms with van der Waals surface area (Å²) in [5.41, 5.74) is 12.4. The van der Waals surface area contributed by atoms with Crippen LogP contribution in [-0.4, -0.2) is 130 Å². The highest BCUT2D eigenvalue weighted by atomic mass is 16.5. The van der Waals surface area contributed by atoms with Crippen molar-refractivity contribution in [2.45, 2.75) is 90.9 Å². The number of carbonyl (C=O) groups is 4. The number of nitrogens with one attached hydrogen (secondary N) is 2. The van der Waals surface area contributed by atoms with Crippen LogP contribution in [0.3, 0.4) is 0 Å². The Hall–Kier alpha value is -12.8. The Kier molecular flexibility index (Phi) is 20.5. The van der Waals surface area contributed by atoms with E-state index in [1.807, 2.05) is 146 Å². The number of methoxy groups -OCH3 is 9. The maximum atomic E-state index is 15.3. The molecule has 3 aromatic heterocycles. The highest BCUT2D eigenvalue weighted by molar-refractivity contribution is 6.42. The molecule has 0 fully saturated rings. The molecule has 0 radical (unpaired) electrons. The van der Waals surface area contributed by atoms with Crippen molar-refractivity contribution in [1.29, 1.82) is 0 Å². The van der Waals surface area contributed by atoms with Crippen LogP contribution in [0.15, 0.2) is 127 Å². The number of hydrogen-bond acceptors (Lipinski definition) is 16. The lowest BCUT2D eigenvalue weighted by Gasteiger charge is -2.31. The van der Waals surface area contributed by atoms with E-state index in [4.69, 9.17) is 57.3 Å². The predicted molar refractivity (Wildman–Crippen MR) is 445 cm³/mol. The molecule has 0 spiro atoms. The Morgan fingerprint density at radius 1 is 0.301 bits per heavy atom. The zero-order valence-corrected chi connectivity index (χ0v) is 65.3. The quantitative estimate of drug-likeness (QED) is 0.0192. The van der Waals surface area contributed by atoms with Crippen LogP contribution < -0.4 is 47.4 Å². The molecule has 20 heteroatoms. The average molecular weight is 1510 g/mol. The van der Waals surface area contributed by atoms with Crippen molar-refractivity contribution in [3.8, 4) is 108 Å². The molecule has 20 nitrogen and oxygen atoms in total. The summed E-state index contributed by atoms with van der Waals surface area (Å²) >= 11 is 0. The Labute approximate surface area is 654 Å². The van der Waals surface area contributed by atoms with Crippen molar-refractivity contribution in [1.82, 2.24) is 29.7 Å². The lowest BCUT2D eigenvalue weighted by molar-refractivity contribution is 0.0592. The first-order valence-electron chi connectivity index (χ1n) is 38.6. The topological polar surface area (TPSA) is 224 Å². The summed E-state index contributed by atoms with van der Waals surface area (Å²) in [6.07, 6.45) is 19.9. The van der Waals surface area contributed by atoms with Crippen LogP contribution in [0, 0.1) is 0 Å². The minimum absolute atomic E-state index is 0.267. The number of unbranched alkanes of at least 4 members (excludes halogenated alkanes) is 10. The molecule has 8 bridgehead atoms. The fraction of sp³-hybridized carbons (Fsp3) is 0.269. The van der Waals surface area contributed by atoms with Crippen molar-refractivity contribution >= 4 is 113 Å². The molecule has 0 aliphatic carbocycles. The van der Waals surface area contributed by atoms with Crippen molar-refractivity contribution in [3.63, 3.8) is 0 Å². The van der Waals surface area contributed by atoms with Gasteiger partial charge in [0.05, 0.1) is 92.3 Å². The number of H-pyrrole nitrogens is 2.